The zero-order valence-electron chi connectivity index (χ0n) is 4.19. The summed E-state index contributed by atoms with van der Waals surface area (Å²) in [5, 5.41) is 17.0. The lowest BCUT2D eigenvalue weighted by Crippen LogP contribution is -2.16. The van der Waals surface area contributed by atoms with Crippen LogP contribution in [0.5, 0.6) is 0 Å². The van der Waals surface area contributed by atoms with Gasteiger partial charge < -0.3 is 10.2 Å². The van der Waals surface area contributed by atoms with E-state index in [1.807, 2.05) is 6.92 Å². The van der Waals surface area contributed by atoms with Crippen molar-refractivity contribution in [1.29, 1.82) is 0 Å². The van der Waals surface area contributed by atoms with Crippen LogP contribution in [-0.2, 0) is 0 Å². The van der Waals surface area contributed by atoms with Crippen LogP contribution in [0.25, 0.3) is 0 Å². The van der Waals surface area contributed by atoms with Crippen LogP contribution in [0.1, 0.15) is 19.8 Å². The Morgan fingerprint density at radius 2 is 2.00 bits per heavy atom. The molecule has 0 aliphatic heterocycles. The largest absolute Gasteiger partial charge is 0.357 e. The Labute approximate surface area is 51.3 Å². The standard InChI is InChI=1S/C4H9BrO2/c1-2-3-4(5,6)7/h6-7H,2-3H2,1H3. The zero-order valence-corrected chi connectivity index (χ0v) is 5.77. The minimum atomic E-state index is -1.64. The van der Waals surface area contributed by atoms with Gasteiger partial charge in [-0.2, -0.15) is 0 Å². The normalized spacial score (nSPS) is 12.0. The second-order valence-electron chi connectivity index (χ2n) is 1.47. The number of hydrogen-bond acceptors (Lipinski definition) is 2. The van der Waals surface area contributed by atoms with Gasteiger partial charge in [0.1, 0.15) is 0 Å². The van der Waals surface area contributed by atoms with Crippen molar-refractivity contribution in [2.24, 2.45) is 0 Å². The van der Waals surface area contributed by atoms with Crippen molar-refractivity contribution in [3.8, 4) is 0 Å². The molecule has 0 aliphatic carbocycles. The molecule has 0 amide bonds. The van der Waals surface area contributed by atoms with Crippen molar-refractivity contribution in [3.63, 3.8) is 0 Å². The van der Waals surface area contributed by atoms with Crippen LogP contribution in [0.3, 0.4) is 0 Å². The molecule has 0 aromatic heterocycles. The lowest BCUT2D eigenvalue weighted by molar-refractivity contribution is -0.0741. The summed E-state index contributed by atoms with van der Waals surface area (Å²) in [4.78, 5) is 0. The van der Waals surface area contributed by atoms with E-state index in [2.05, 4.69) is 15.9 Å². The first-order valence-electron chi connectivity index (χ1n) is 2.20. The summed E-state index contributed by atoms with van der Waals surface area (Å²) in [7, 11) is 0. The first-order chi connectivity index (χ1) is 3.06. The summed E-state index contributed by atoms with van der Waals surface area (Å²) in [5.74, 6) is 0. The number of halogens is 1. The highest BCUT2D eigenvalue weighted by Gasteiger charge is 2.14. The highest BCUT2D eigenvalue weighted by Crippen LogP contribution is 2.14. The van der Waals surface area contributed by atoms with Gasteiger partial charge in [-0.15, -0.1) is 0 Å². The van der Waals surface area contributed by atoms with Crippen molar-refractivity contribution in [2.75, 3.05) is 0 Å². The van der Waals surface area contributed by atoms with Gasteiger partial charge in [0.25, 0.3) is 0 Å². The van der Waals surface area contributed by atoms with E-state index in [0.717, 1.165) is 6.42 Å². The second-order valence-corrected chi connectivity index (χ2v) is 2.74. The van der Waals surface area contributed by atoms with Gasteiger partial charge in [-0.1, -0.05) is 13.3 Å². The van der Waals surface area contributed by atoms with Crippen LogP contribution in [-0.4, -0.2) is 14.9 Å². The van der Waals surface area contributed by atoms with Crippen molar-refractivity contribution in [3.05, 3.63) is 0 Å². The number of aliphatic hydroxyl groups is 2. The van der Waals surface area contributed by atoms with E-state index >= 15 is 0 Å². The number of alkyl halides is 1. The van der Waals surface area contributed by atoms with Gasteiger partial charge in [-0.25, -0.2) is 0 Å². The second kappa shape index (κ2) is 2.64. The Bertz CT molecular complexity index is 48.1. The molecule has 0 radical (unpaired) electrons. The number of hydrogen-bond donors (Lipinski definition) is 2. The van der Waals surface area contributed by atoms with E-state index in [4.69, 9.17) is 10.2 Å². The molecular formula is C4H9BrO2. The Hall–Kier alpha value is 0.400. The van der Waals surface area contributed by atoms with Crippen LogP contribution in [0.2, 0.25) is 0 Å². The fourth-order valence-corrected chi connectivity index (χ4v) is 0.715. The van der Waals surface area contributed by atoms with Gasteiger partial charge in [0.05, 0.1) is 0 Å². The van der Waals surface area contributed by atoms with Crippen LogP contribution in [0, 0.1) is 0 Å². The van der Waals surface area contributed by atoms with Gasteiger partial charge in [0.2, 0.25) is 4.70 Å². The Balaban J connectivity index is 3.15. The Morgan fingerprint density at radius 3 is 2.00 bits per heavy atom. The Morgan fingerprint density at radius 1 is 1.57 bits per heavy atom. The third-order valence-electron chi connectivity index (χ3n) is 0.568. The summed E-state index contributed by atoms with van der Waals surface area (Å²) >= 11 is 2.65. The first kappa shape index (κ1) is 7.40. The molecule has 44 valence electrons. The minimum Gasteiger partial charge on any atom is -0.357 e. The average molecular weight is 169 g/mol. The van der Waals surface area contributed by atoms with E-state index in [9.17, 15) is 0 Å². The molecule has 0 heterocycles. The maximum atomic E-state index is 8.49. The fraction of sp³-hybridized carbons (Fsp3) is 1.00. The zero-order chi connectivity index (χ0) is 5.91. The topological polar surface area (TPSA) is 40.5 Å². The van der Waals surface area contributed by atoms with E-state index in [0.29, 0.717) is 6.42 Å². The third-order valence-corrected chi connectivity index (χ3v) is 0.965. The molecule has 0 unspecified atom stereocenters. The van der Waals surface area contributed by atoms with Gasteiger partial charge >= 0.3 is 0 Å². The van der Waals surface area contributed by atoms with Crippen LogP contribution < -0.4 is 0 Å². The maximum Gasteiger partial charge on any atom is 0.221 e. The van der Waals surface area contributed by atoms with Crippen LogP contribution in [0.15, 0.2) is 0 Å². The van der Waals surface area contributed by atoms with Crippen molar-refractivity contribution in [2.45, 2.75) is 24.5 Å². The van der Waals surface area contributed by atoms with Crippen molar-refractivity contribution >= 4 is 15.9 Å². The highest BCUT2D eigenvalue weighted by molar-refractivity contribution is 9.09. The molecule has 0 spiro atoms. The Kier molecular flexibility index (Phi) is 2.80. The SMILES string of the molecule is CCCC(O)(O)Br. The molecule has 0 saturated heterocycles. The first-order valence-corrected chi connectivity index (χ1v) is 2.99. The predicted octanol–water partition coefficient (Wildman–Crippen LogP) is 0.820. The molecule has 0 aliphatic rings. The van der Waals surface area contributed by atoms with Crippen LogP contribution >= 0.6 is 15.9 Å². The molecule has 0 rings (SSSR count). The molecule has 0 aromatic carbocycles. The summed E-state index contributed by atoms with van der Waals surface area (Å²) in [6.07, 6.45) is 1.13. The van der Waals surface area contributed by atoms with Crippen molar-refractivity contribution in [1.82, 2.24) is 0 Å². The maximum absolute atomic E-state index is 8.49. The van der Waals surface area contributed by atoms with E-state index in [1.165, 1.54) is 0 Å². The predicted molar refractivity (Wildman–Crippen MR) is 31.0 cm³/mol. The molecule has 2 N–H and O–H groups in total. The summed E-state index contributed by atoms with van der Waals surface area (Å²) in [5.41, 5.74) is 0. The van der Waals surface area contributed by atoms with E-state index < -0.39 is 4.70 Å². The monoisotopic (exact) mass is 168 g/mol. The van der Waals surface area contributed by atoms with Gasteiger partial charge in [-0.3, -0.25) is 0 Å². The fourth-order valence-electron chi connectivity index (χ4n) is 0.318. The van der Waals surface area contributed by atoms with Gasteiger partial charge in [-0.05, 0) is 15.9 Å². The van der Waals surface area contributed by atoms with E-state index in [1.54, 1.807) is 0 Å². The average Bonchev–Trinajstić information content (AvgIpc) is 1.30. The van der Waals surface area contributed by atoms with Crippen LogP contribution in [0.4, 0.5) is 0 Å². The van der Waals surface area contributed by atoms with Gasteiger partial charge in [0.15, 0.2) is 0 Å². The third kappa shape index (κ3) is 6.40. The molecule has 0 bridgehead atoms. The molecule has 0 atom stereocenters. The smallest absolute Gasteiger partial charge is 0.221 e. The summed E-state index contributed by atoms with van der Waals surface area (Å²) < 4.78 is -1.64. The summed E-state index contributed by atoms with van der Waals surface area (Å²) in [6, 6.07) is 0. The molecule has 0 saturated carbocycles. The molecule has 3 heteroatoms. The molecule has 7 heavy (non-hydrogen) atoms. The molecule has 0 fully saturated rings. The van der Waals surface area contributed by atoms with Gasteiger partial charge in [0, 0.05) is 6.42 Å². The lowest BCUT2D eigenvalue weighted by Gasteiger charge is -2.09. The minimum absolute atomic E-state index is 0.368. The number of rotatable bonds is 2. The highest BCUT2D eigenvalue weighted by atomic mass is 79.9. The molecular weight excluding hydrogens is 160 g/mol. The van der Waals surface area contributed by atoms with Crippen molar-refractivity contribution < 1.29 is 10.2 Å². The molecule has 2 nitrogen and oxygen atoms in total. The quantitative estimate of drug-likeness (QED) is 0.474. The molecule has 0 aromatic rings. The summed E-state index contributed by atoms with van der Waals surface area (Å²) in [6.45, 7) is 1.88. The van der Waals surface area contributed by atoms with E-state index in [-0.39, 0.29) is 0 Å². The lowest BCUT2D eigenvalue weighted by atomic mass is 10.3.